The highest BCUT2D eigenvalue weighted by molar-refractivity contribution is 5.85. The maximum atomic E-state index is 11.2. The first-order valence-corrected chi connectivity index (χ1v) is 10.1. The molecule has 2 aromatic rings. The number of hydrogen-bond donors (Lipinski definition) is 2. The maximum absolute atomic E-state index is 11.2. The Bertz CT molecular complexity index is 891. The monoisotopic (exact) mass is 364 g/mol. The molecule has 1 aromatic heterocycles. The second kappa shape index (κ2) is 5.85. The zero-order valence-electron chi connectivity index (χ0n) is 16.2. The Kier molecular flexibility index (Phi) is 3.65. The van der Waals surface area contributed by atoms with Crippen molar-refractivity contribution in [2.24, 2.45) is 22.9 Å². The number of nitrogens with zero attached hydrogens (tertiary/aromatic N) is 3. The van der Waals surface area contributed by atoms with Crippen molar-refractivity contribution in [3.05, 3.63) is 40.7 Å². The van der Waals surface area contributed by atoms with E-state index >= 15 is 0 Å². The number of aromatic hydroxyl groups is 1. The van der Waals surface area contributed by atoms with Gasteiger partial charge in [0.15, 0.2) is 0 Å². The normalized spacial score (nSPS) is 31.9. The van der Waals surface area contributed by atoms with E-state index in [-0.39, 0.29) is 5.41 Å². The smallest absolute Gasteiger partial charge is 0.221 e. The fourth-order valence-corrected chi connectivity index (χ4v) is 6.47. The molecule has 1 aromatic carbocycles. The minimum absolute atomic E-state index is 0.165. The van der Waals surface area contributed by atoms with Crippen LogP contribution >= 0.6 is 0 Å². The summed E-state index contributed by atoms with van der Waals surface area (Å²) in [6.07, 6.45) is 11.4. The molecule has 1 heterocycles. The molecule has 142 valence electrons. The number of benzene rings is 1. The lowest BCUT2D eigenvalue weighted by Crippen LogP contribution is -2.48. The Hall–Kier alpha value is -2.30. The van der Waals surface area contributed by atoms with E-state index in [0.717, 1.165) is 34.6 Å². The molecule has 5 nitrogen and oxygen atoms in total. The second-order valence-corrected chi connectivity index (χ2v) is 9.28. The molecule has 0 atom stereocenters. The minimum Gasteiger partial charge on any atom is -0.507 e. The van der Waals surface area contributed by atoms with Gasteiger partial charge < -0.3 is 10.8 Å². The van der Waals surface area contributed by atoms with Crippen LogP contribution in [0.25, 0.3) is 0 Å². The van der Waals surface area contributed by atoms with E-state index in [1.165, 1.54) is 44.1 Å². The Morgan fingerprint density at radius 2 is 1.78 bits per heavy atom. The first kappa shape index (κ1) is 16.8. The van der Waals surface area contributed by atoms with Crippen LogP contribution in [-0.2, 0) is 5.41 Å². The lowest BCUT2D eigenvalue weighted by atomic mass is 9.48. The van der Waals surface area contributed by atoms with Gasteiger partial charge in [0, 0.05) is 11.1 Å². The maximum Gasteiger partial charge on any atom is 0.221 e. The number of rotatable bonds is 3. The summed E-state index contributed by atoms with van der Waals surface area (Å²) < 4.78 is 1.56. The van der Waals surface area contributed by atoms with E-state index in [1.807, 2.05) is 13.0 Å². The molecule has 0 spiro atoms. The van der Waals surface area contributed by atoms with Crippen molar-refractivity contribution in [3.63, 3.8) is 0 Å². The Balaban J connectivity index is 1.54. The molecular weight excluding hydrogens is 336 g/mol. The second-order valence-electron chi connectivity index (χ2n) is 9.28. The van der Waals surface area contributed by atoms with Gasteiger partial charge in [-0.05, 0) is 87.2 Å². The van der Waals surface area contributed by atoms with Crippen LogP contribution < -0.4 is 5.73 Å². The lowest BCUT2D eigenvalue weighted by molar-refractivity contribution is -0.00616. The summed E-state index contributed by atoms with van der Waals surface area (Å²) in [7, 11) is 0. The van der Waals surface area contributed by atoms with Crippen LogP contribution in [0.5, 0.6) is 5.75 Å². The number of nitrogen functional groups attached to an aromatic ring is 1. The lowest BCUT2D eigenvalue weighted by Gasteiger charge is -2.57. The van der Waals surface area contributed by atoms with E-state index in [1.54, 1.807) is 17.1 Å². The van der Waals surface area contributed by atoms with Crippen molar-refractivity contribution >= 4 is 12.2 Å². The van der Waals surface area contributed by atoms with Crippen LogP contribution in [0.4, 0.5) is 5.95 Å². The first-order valence-electron chi connectivity index (χ1n) is 10.1. The molecular formula is C22H28N4O. The molecule has 4 fully saturated rings. The molecule has 0 radical (unpaired) electrons. The van der Waals surface area contributed by atoms with Crippen molar-refractivity contribution < 1.29 is 5.11 Å². The SMILES string of the molecule is Cc1cc(C=Nn2cc(C)nc2N)c(O)c(C23CC4CC(CC(C4)C2)C3)c1. The number of phenolic OH excluding ortho intramolecular Hbond substituents is 1. The summed E-state index contributed by atoms with van der Waals surface area (Å²) in [5.41, 5.74) is 9.97. The summed E-state index contributed by atoms with van der Waals surface area (Å²) in [6, 6.07) is 4.22. The third-order valence-electron chi connectivity index (χ3n) is 7.05. The highest BCUT2D eigenvalue weighted by Gasteiger charge is 2.52. The van der Waals surface area contributed by atoms with Crippen LogP contribution in [0.1, 0.15) is 60.9 Å². The molecule has 0 saturated heterocycles. The first-order chi connectivity index (χ1) is 12.9. The highest BCUT2D eigenvalue weighted by atomic mass is 16.3. The van der Waals surface area contributed by atoms with Gasteiger partial charge in [-0.25, -0.2) is 9.66 Å². The largest absolute Gasteiger partial charge is 0.507 e. The third-order valence-corrected chi connectivity index (χ3v) is 7.05. The topological polar surface area (TPSA) is 76.4 Å². The van der Waals surface area contributed by atoms with Gasteiger partial charge in [0.25, 0.3) is 0 Å². The molecule has 27 heavy (non-hydrogen) atoms. The molecule has 4 bridgehead atoms. The molecule has 4 aliphatic rings. The van der Waals surface area contributed by atoms with E-state index in [2.05, 4.69) is 23.1 Å². The molecule has 0 unspecified atom stereocenters. The zero-order valence-corrected chi connectivity index (χ0v) is 16.2. The van der Waals surface area contributed by atoms with E-state index in [0.29, 0.717) is 11.7 Å². The average Bonchev–Trinajstić information content (AvgIpc) is 2.91. The van der Waals surface area contributed by atoms with Gasteiger partial charge in [0.1, 0.15) is 5.75 Å². The van der Waals surface area contributed by atoms with Crippen molar-refractivity contribution in [2.45, 2.75) is 57.8 Å². The number of hydrogen-bond acceptors (Lipinski definition) is 4. The van der Waals surface area contributed by atoms with Crippen LogP contribution in [0, 0.1) is 31.6 Å². The number of nitrogens with two attached hydrogens (primary N) is 1. The van der Waals surface area contributed by atoms with Crippen molar-refractivity contribution in [2.75, 3.05) is 5.73 Å². The molecule has 0 amide bonds. The predicted molar refractivity (Wildman–Crippen MR) is 107 cm³/mol. The molecule has 5 heteroatoms. The predicted octanol–water partition coefficient (Wildman–Crippen LogP) is 4.14. The summed E-state index contributed by atoms with van der Waals surface area (Å²) in [5, 5.41) is 15.6. The van der Waals surface area contributed by atoms with Crippen LogP contribution in [0.2, 0.25) is 0 Å². The van der Waals surface area contributed by atoms with Crippen molar-refractivity contribution in [1.82, 2.24) is 9.66 Å². The minimum atomic E-state index is 0.165. The Labute approximate surface area is 160 Å². The average molecular weight is 364 g/mol. The van der Waals surface area contributed by atoms with Gasteiger partial charge in [0.05, 0.1) is 18.1 Å². The fourth-order valence-electron chi connectivity index (χ4n) is 6.47. The summed E-state index contributed by atoms with van der Waals surface area (Å²) >= 11 is 0. The Morgan fingerprint density at radius 3 is 2.33 bits per heavy atom. The standard InChI is InChI=1S/C22H28N4O/c1-13-3-18(11-24-26-12-14(2)25-21(26)23)20(27)19(4-13)22-8-15-5-16(9-22)7-17(6-15)10-22/h3-4,11-12,15-17,27H,5-10H2,1-2H3,(H2,23,25). The fraction of sp³-hybridized carbons (Fsp3) is 0.545. The van der Waals surface area contributed by atoms with Crippen LogP contribution in [0.3, 0.4) is 0 Å². The van der Waals surface area contributed by atoms with E-state index < -0.39 is 0 Å². The van der Waals surface area contributed by atoms with Crippen molar-refractivity contribution in [3.8, 4) is 5.75 Å². The van der Waals surface area contributed by atoms with Gasteiger partial charge >= 0.3 is 0 Å². The molecule has 4 aliphatic carbocycles. The quantitative estimate of drug-likeness (QED) is 0.804. The van der Waals surface area contributed by atoms with E-state index in [4.69, 9.17) is 5.73 Å². The van der Waals surface area contributed by atoms with Gasteiger partial charge in [-0.2, -0.15) is 5.10 Å². The van der Waals surface area contributed by atoms with Crippen LogP contribution in [-0.4, -0.2) is 21.0 Å². The van der Waals surface area contributed by atoms with Gasteiger partial charge in [-0.1, -0.05) is 6.07 Å². The number of imidazole rings is 1. The number of phenols is 1. The van der Waals surface area contributed by atoms with Gasteiger partial charge in [-0.15, -0.1) is 0 Å². The summed E-state index contributed by atoms with van der Waals surface area (Å²) in [5.74, 6) is 3.31. The van der Waals surface area contributed by atoms with Crippen molar-refractivity contribution in [1.29, 1.82) is 0 Å². The number of aromatic nitrogens is 2. The third kappa shape index (κ3) is 2.75. The van der Waals surface area contributed by atoms with Gasteiger partial charge in [0.2, 0.25) is 5.95 Å². The van der Waals surface area contributed by atoms with Crippen LogP contribution in [0.15, 0.2) is 23.4 Å². The van der Waals surface area contributed by atoms with Gasteiger partial charge in [-0.3, -0.25) is 0 Å². The Morgan fingerprint density at radius 1 is 1.15 bits per heavy atom. The molecule has 6 rings (SSSR count). The molecule has 3 N–H and O–H groups in total. The zero-order chi connectivity index (χ0) is 18.8. The highest BCUT2D eigenvalue weighted by Crippen LogP contribution is 2.62. The van der Waals surface area contributed by atoms with E-state index in [9.17, 15) is 5.11 Å². The number of aryl methyl sites for hydroxylation is 2. The summed E-state index contributed by atoms with van der Waals surface area (Å²) in [6.45, 7) is 3.99. The number of anilines is 1. The molecule has 0 aliphatic heterocycles. The summed E-state index contributed by atoms with van der Waals surface area (Å²) in [4.78, 5) is 4.17. The molecule has 4 saturated carbocycles.